The van der Waals surface area contributed by atoms with Crippen molar-refractivity contribution in [1.82, 2.24) is 15.1 Å². The van der Waals surface area contributed by atoms with Crippen molar-refractivity contribution in [2.75, 3.05) is 13.1 Å². The molecule has 2 bridgehead atoms. The van der Waals surface area contributed by atoms with Crippen molar-refractivity contribution in [2.24, 2.45) is 22.0 Å². The topological polar surface area (TPSA) is 53.7 Å². The Balaban J connectivity index is 0.00000176. The molecule has 3 fully saturated rings. The molecule has 3 heterocycles. The maximum Gasteiger partial charge on any atom is 0.109 e. The standard InChI is InChI=1S/C15H21N5S.Fe/c1-11(14-3-2-8-16-18-14)17-19-15(21)20-9-12-4-5-13(10-20)7-6-12;/h2-3,8,12-13H,4-7,9-10H2,1H3,(H,19,21);/p-1/b17-11+;. The summed E-state index contributed by atoms with van der Waals surface area (Å²) >= 11 is 5.45. The van der Waals surface area contributed by atoms with Gasteiger partial charge in [0.2, 0.25) is 0 Å². The van der Waals surface area contributed by atoms with Crippen LogP contribution in [0.3, 0.4) is 0 Å². The summed E-state index contributed by atoms with van der Waals surface area (Å²) in [6.45, 7) is 3.96. The first-order chi connectivity index (χ1) is 10.2. The van der Waals surface area contributed by atoms with Crippen molar-refractivity contribution in [1.29, 1.82) is 0 Å². The maximum absolute atomic E-state index is 5.45. The fourth-order valence-corrected chi connectivity index (χ4v) is 3.37. The van der Waals surface area contributed by atoms with Crippen LogP contribution in [0.25, 0.3) is 0 Å². The number of nitrogens with zero attached hydrogens (tertiary/aromatic N) is 5. The van der Waals surface area contributed by atoms with Crippen LogP contribution in [-0.4, -0.2) is 39.1 Å². The van der Waals surface area contributed by atoms with Crippen molar-refractivity contribution in [3.63, 3.8) is 0 Å². The molecule has 1 aliphatic carbocycles. The van der Waals surface area contributed by atoms with Crippen LogP contribution in [0.4, 0.5) is 0 Å². The Labute approximate surface area is 147 Å². The Bertz CT molecular complexity index is 526. The van der Waals surface area contributed by atoms with Crippen molar-refractivity contribution < 1.29 is 17.1 Å². The molecule has 22 heavy (non-hydrogen) atoms. The van der Waals surface area contributed by atoms with E-state index in [4.69, 9.17) is 12.6 Å². The molecule has 0 atom stereocenters. The second kappa shape index (κ2) is 7.99. The van der Waals surface area contributed by atoms with Gasteiger partial charge in [-0.15, -0.1) is 5.10 Å². The number of hydrogen-bond donors (Lipinski definition) is 0. The molecule has 0 aromatic carbocycles. The van der Waals surface area contributed by atoms with E-state index < -0.39 is 0 Å². The Morgan fingerprint density at radius 2 is 1.82 bits per heavy atom. The average molecular weight is 358 g/mol. The summed E-state index contributed by atoms with van der Waals surface area (Å²) in [5.41, 5.74) is 1.48. The molecule has 0 amide bonds. The van der Waals surface area contributed by atoms with Gasteiger partial charge in [0.05, 0.1) is 5.71 Å². The number of amidine groups is 1. The fourth-order valence-electron chi connectivity index (χ4n) is 3.18. The Hall–Kier alpha value is -1.04. The van der Waals surface area contributed by atoms with E-state index in [0.29, 0.717) is 5.17 Å². The van der Waals surface area contributed by atoms with E-state index in [0.717, 1.165) is 36.3 Å². The molecule has 2 saturated heterocycles. The molecular weight excluding hydrogens is 338 g/mol. The van der Waals surface area contributed by atoms with E-state index in [9.17, 15) is 0 Å². The first-order valence-corrected chi connectivity index (χ1v) is 7.95. The summed E-state index contributed by atoms with van der Waals surface area (Å²) in [5, 5.41) is 16.9. The van der Waals surface area contributed by atoms with Crippen LogP contribution in [0.5, 0.6) is 0 Å². The predicted molar refractivity (Wildman–Crippen MR) is 86.1 cm³/mol. The second-order valence-corrected chi connectivity index (χ2v) is 6.33. The summed E-state index contributed by atoms with van der Waals surface area (Å²) in [5.74, 6) is 1.56. The van der Waals surface area contributed by atoms with Crippen LogP contribution in [-0.2, 0) is 29.7 Å². The molecule has 2 aliphatic heterocycles. The molecule has 0 spiro atoms. The van der Waals surface area contributed by atoms with Gasteiger partial charge in [0.25, 0.3) is 0 Å². The molecule has 0 radical (unpaired) electrons. The minimum atomic E-state index is 0. The third-order valence-electron chi connectivity index (χ3n) is 4.42. The van der Waals surface area contributed by atoms with Crippen LogP contribution in [0.2, 0.25) is 0 Å². The van der Waals surface area contributed by atoms with E-state index in [2.05, 4.69) is 25.3 Å². The third-order valence-corrected chi connectivity index (χ3v) is 4.76. The normalized spacial score (nSPS) is 25.6. The van der Waals surface area contributed by atoms with Crippen molar-refractivity contribution in [2.45, 2.75) is 32.6 Å². The maximum atomic E-state index is 5.45. The van der Waals surface area contributed by atoms with Crippen molar-refractivity contribution >= 4 is 23.5 Å². The zero-order valence-electron chi connectivity index (χ0n) is 12.6. The van der Waals surface area contributed by atoms with Crippen molar-refractivity contribution in [3.05, 3.63) is 24.0 Å². The quantitative estimate of drug-likeness (QED) is 0.268. The van der Waals surface area contributed by atoms with Gasteiger partial charge < -0.3 is 17.5 Å². The largest absolute Gasteiger partial charge is 0.741 e. The van der Waals surface area contributed by atoms with Crippen LogP contribution >= 0.6 is 0 Å². The molecule has 1 aromatic rings. The van der Waals surface area contributed by atoms with Gasteiger partial charge in [0.15, 0.2) is 0 Å². The zero-order valence-corrected chi connectivity index (χ0v) is 14.5. The first kappa shape index (κ1) is 17.3. The molecule has 1 aromatic heterocycles. The molecule has 7 heteroatoms. The molecule has 5 nitrogen and oxygen atoms in total. The summed E-state index contributed by atoms with van der Waals surface area (Å²) in [4.78, 5) is 2.23. The number of rotatable bonds is 2. The van der Waals surface area contributed by atoms with Gasteiger partial charge in [-0.05, 0) is 56.6 Å². The van der Waals surface area contributed by atoms with Crippen LogP contribution in [0, 0.1) is 11.8 Å². The van der Waals surface area contributed by atoms with Crippen molar-refractivity contribution in [3.8, 4) is 0 Å². The molecule has 0 N–H and O–H groups in total. The fraction of sp³-hybridized carbons (Fsp3) is 0.600. The summed E-state index contributed by atoms with van der Waals surface area (Å²) in [6, 6.07) is 3.71. The third kappa shape index (κ3) is 4.24. The predicted octanol–water partition coefficient (Wildman–Crippen LogP) is 2.22. The van der Waals surface area contributed by atoms with Gasteiger partial charge >= 0.3 is 0 Å². The Kier molecular flexibility index (Phi) is 6.29. The van der Waals surface area contributed by atoms with Gasteiger partial charge in [0, 0.05) is 41.5 Å². The Morgan fingerprint density at radius 3 is 2.36 bits per heavy atom. The van der Waals surface area contributed by atoms with Gasteiger partial charge in [-0.25, -0.2) is 0 Å². The molecule has 4 rings (SSSR count). The van der Waals surface area contributed by atoms with Gasteiger partial charge in [-0.2, -0.15) is 15.3 Å². The Morgan fingerprint density at radius 1 is 1.18 bits per heavy atom. The monoisotopic (exact) mass is 358 g/mol. The minimum absolute atomic E-state index is 0. The first-order valence-electron chi connectivity index (χ1n) is 7.54. The van der Waals surface area contributed by atoms with E-state index in [1.807, 2.05) is 19.1 Å². The second-order valence-electron chi connectivity index (χ2n) is 5.97. The SMILES string of the molecule is C/C(=N\N=C(/[S-])N1CC2CCC(CC2)C1)c1cccnn1.[Fe]. The molecule has 120 valence electrons. The molecule has 0 unspecified atom stereocenters. The van der Waals surface area contributed by atoms with E-state index in [1.54, 1.807) is 6.20 Å². The van der Waals surface area contributed by atoms with E-state index >= 15 is 0 Å². The van der Waals surface area contributed by atoms with Crippen LogP contribution < -0.4 is 0 Å². The van der Waals surface area contributed by atoms with Crippen LogP contribution in [0.1, 0.15) is 38.3 Å². The molecule has 1 saturated carbocycles. The summed E-state index contributed by atoms with van der Waals surface area (Å²) in [6.07, 6.45) is 7.00. The van der Waals surface area contributed by atoms with Gasteiger partial charge in [-0.3, -0.25) is 0 Å². The average Bonchev–Trinajstić information content (AvgIpc) is 2.87. The van der Waals surface area contributed by atoms with Gasteiger partial charge in [0.1, 0.15) is 5.69 Å². The summed E-state index contributed by atoms with van der Waals surface area (Å²) in [7, 11) is 0. The smallest absolute Gasteiger partial charge is 0.109 e. The minimum Gasteiger partial charge on any atom is -0.741 e. The van der Waals surface area contributed by atoms with Gasteiger partial charge in [-0.1, -0.05) is 0 Å². The number of hydrogen-bond acceptors (Lipinski definition) is 5. The zero-order chi connectivity index (χ0) is 14.7. The van der Waals surface area contributed by atoms with E-state index in [1.165, 1.54) is 25.7 Å². The summed E-state index contributed by atoms with van der Waals surface area (Å²) < 4.78 is 0. The number of fused-ring (bicyclic) bond motifs is 4. The molecule has 3 aliphatic rings. The molecular formula is C15H20FeN5S-. The van der Waals surface area contributed by atoms with Crippen LogP contribution in [0.15, 0.2) is 28.5 Å². The number of aromatic nitrogens is 2. The van der Waals surface area contributed by atoms with E-state index in [-0.39, 0.29) is 17.1 Å².